The third kappa shape index (κ3) is 5.45. The summed E-state index contributed by atoms with van der Waals surface area (Å²) < 4.78 is 10.2. The van der Waals surface area contributed by atoms with E-state index in [0.717, 1.165) is 11.3 Å². The number of amides is 1. The predicted molar refractivity (Wildman–Crippen MR) is 80.3 cm³/mol. The van der Waals surface area contributed by atoms with E-state index >= 15 is 0 Å². The van der Waals surface area contributed by atoms with Gasteiger partial charge in [0.2, 0.25) is 5.91 Å². The number of ether oxygens (including phenoxy) is 2. The smallest absolute Gasteiger partial charge is 0.325 e. The van der Waals surface area contributed by atoms with Crippen LogP contribution in [0.25, 0.3) is 0 Å². The van der Waals surface area contributed by atoms with Crippen LogP contribution < -0.4 is 4.74 Å². The molecule has 0 unspecified atom stereocenters. The van der Waals surface area contributed by atoms with E-state index in [1.54, 1.807) is 0 Å². The van der Waals surface area contributed by atoms with Crippen molar-refractivity contribution >= 4 is 11.9 Å². The molecule has 0 saturated heterocycles. The second kappa shape index (κ2) is 8.29. The maximum absolute atomic E-state index is 12.0. The van der Waals surface area contributed by atoms with Crippen molar-refractivity contribution in [3.8, 4) is 5.75 Å². The molecule has 0 aliphatic carbocycles. The Hall–Kier alpha value is -2.04. The van der Waals surface area contributed by atoms with Crippen molar-refractivity contribution in [2.45, 2.75) is 27.2 Å². The van der Waals surface area contributed by atoms with Crippen molar-refractivity contribution < 1.29 is 19.1 Å². The molecule has 0 saturated carbocycles. The lowest BCUT2D eigenvalue weighted by molar-refractivity contribution is -0.147. The first-order valence-corrected chi connectivity index (χ1v) is 7.02. The zero-order valence-corrected chi connectivity index (χ0v) is 13.1. The van der Waals surface area contributed by atoms with Gasteiger partial charge < -0.3 is 14.4 Å². The largest absolute Gasteiger partial charge is 0.493 e. The van der Waals surface area contributed by atoms with Crippen molar-refractivity contribution in [3.63, 3.8) is 0 Å². The molecule has 0 heterocycles. The predicted octanol–water partition coefficient (Wildman–Crippen LogP) is 2.09. The lowest BCUT2D eigenvalue weighted by Crippen LogP contribution is -2.36. The second-order valence-corrected chi connectivity index (χ2v) is 4.85. The summed E-state index contributed by atoms with van der Waals surface area (Å²) in [5.41, 5.74) is 2.22. The van der Waals surface area contributed by atoms with Gasteiger partial charge in [0.1, 0.15) is 12.3 Å². The number of methoxy groups -OCH3 is 1. The lowest BCUT2D eigenvalue weighted by atomic mass is 10.1. The number of rotatable bonds is 7. The molecule has 1 aromatic rings. The van der Waals surface area contributed by atoms with Crippen molar-refractivity contribution in [2.75, 3.05) is 26.8 Å². The van der Waals surface area contributed by atoms with Gasteiger partial charge in [-0.2, -0.15) is 0 Å². The van der Waals surface area contributed by atoms with E-state index in [4.69, 9.17) is 4.74 Å². The van der Waals surface area contributed by atoms with E-state index in [1.165, 1.54) is 17.6 Å². The van der Waals surface area contributed by atoms with Crippen molar-refractivity contribution in [1.29, 1.82) is 0 Å². The van der Waals surface area contributed by atoms with Crippen LogP contribution in [0.3, 0.4) is 0 Å². The number of carbonyl (C=O) groups is 2. The van der Waals surface area contributed by atoms with Crippen molar-refractivity contribution in [2.24, 2.45) is 0 Å². The summed E-state index contributed by atoms with van der Waals surface area (Å²) in [6, 6.07) is 5.91. The van der Waals surface area contributed by atoms with Gasteiger partial charge in [0, 0.05) is 6.54 Å². The number of hydrogen-bond donors (Lipinski definition) is 0. The highest BCUT2D eigenvalue weighted by atomic mass is 16.5. The molecule has 0 spiro atoms. The number of nitrogens with zero attached hydrogens (tertiary/aromatic N) is 1. The van der Waals surface area contributed by atoms with Gasteiger partial charge >= 0.3 is 5.97 Å². The number of aryl methyl sites for hydroxylation is 2. The number of hydrogen-bond acceptors (Lipinski definition) is 4. The molecular formula is C16H23NO4. The Bertz CT molecular complexity index is 499. The van der Waals surface area contributed by atoms with Crippen LogP contribution in [0.4, 0.5) is 0 Å². The number of carbonyl (C=O) groups excluding carboxylic acids is 2. The van der Waals surface area contributed by atoms with E-state index in [9.17, 15) is 9.59 Å². The minimum atomic E-state index is -0.416. The molecule has 0 bridgehead atoms. The van der Waals surface area contributed by atoms with Crippen LogP contribution in [-0.4, -0.2) is 43.6 Å². The summed E-state index contributed by atoms with van der Waals surface area (Å²) in [5.74, 6) is 0.248. The standard InChI is InChI=1S/C16H23NO4/c1-5-17(11-16(19)20-4)15(18)8-9-21-14-7-6-12(2)10-13(14)3/h6-7,10H,5,8-9,11H2,1-4H3. The van der Waals surface area contributed by atoms with Crippen LogP contribution in [0.15, 0.2) is 18.2 Å². The lowest BCUT2D eigenvalue weighted by Gasteiger charge is -2.19. The summed E-state index contributed by atoms with van der Waals surface area (Å²) in [6.45, 7) is 6.56. The SMILES string of the molecule is CCN(CC(=O)OC)C(=O)CCOc1ccc(C)cc1C. The number of likely N-dealkylation sites (N-methyl/N-ethyl adjacent to an activating group) is 1. The molecule has 1 amide bonds. The Labute approximate surface area is 125 Å². The molecule has 0 aliphatic rings. The van der Waals surface area contributed by atoms with E-state index < -0.39 is 5.97 Å². The van der Waals surface area contributed by atoms with Gasteiger partial charge in [-0.05, 0) is 32.4 Å². The number of esters is 1. The maximum atomic E-state index is 12.0. The van der Waals surface area contributed by atoms with Gasteiger partial charge in [-0.25, -0.2) is 0 Å². The van der Waals surface area contributed by atoms with Crippen LogP contribution >= 0.6 is 0 Å². The fraction of sp³-hybridized carbons (Fsp3) is 0.500. The van der Waals surface area contributed by atoms with E-state index in [1.807, 2.05) is 39.0 Å². The van der Waals surface area contributed by atoms with Crippen LogP contribution in [0.1, 0.15) is 24.5 Å². The Morgan fingerprint density at radius 2 is 1.95 bits per heavy atom. The summed E-state index contributed by atoms with van der Waals surface area (Å²) in [7, 11) is 1.31. The highest BCUT2D eigenvalue weighted by Gasteiger charge is 2.15. The molecule has 1 aromatic carbocycles. The van der Waals surface area contributed by atoms with Gasteiger partial charge in [0.15, 0.2) is 0 Å². The molecule has 0 aromatic heterocycles. The van der Waals surface area contributed by atoms with Gasteiger partial charge in [0.05, 0.1) is 20.1 Å². The maximum Gasteiger partial charge on any atom is 0.325 e. The molecule has 0 fully saturated rings. The molecule has 1 rings (SSSR count). The summed E-state index contributed by atoms with van der Waals surface area (Å²) in [4.78, 5) is 24.7. The van der Waals surface area contributed by atoms with E-state index in [2.05, 4.69) is 4.74 Å². The molecule has 0 atom stereocenters. The third-order valence-corrected chi connectivity index (χ3v) is 3.19. The van der Waals surface area contributed by atoms with Gasteiger partial charge in [-0.1, -0.05) is 17.7 Å². The molecular weight excluding hydrogens is 270 g/mol. The summed E-state index contributed by atoms with van der Waals surface area (Å²) in [5, 5.41) is 0. The second-order valence-electron chi connectivity index (χ2n) is 4.85. The fourth-order valence-electron chi connectivity index (χ4n) is 1.96. The van der Waals surface area contributed by atoms with E-state index in [-0.39, 0.29) is 18.9 Å². The van der Waals surface area contributed by atoms with Crippen LogP contribution in [0.2, 0.25) is 0 Å². The average Bonchev–Trinajstić information content (AvgIpc) is 2.46. The molecule has 0 radical (unpaired) electrons. The molecule has 0 aliphatic heterocycles. The first-order chi connectivity index (χ1) is 9.97. The zero-order chi connectivity index (χ0) is 15.8. The Morgan fingerprint density at radius 3 is 2.52 bits per heavy atom. The molecule has 116 valence electrons. The van der Waals surface area contributed by atoms with Gasteiger partial charge in [0.25, 0.3) is 0 Å². The summed E-state index contributed by atoms with van der Waals surface area (Å²) in [6.07, 6.45) is 0.234. The summed E-state index contributed by atoms with van der Waals surface area (Å²) >= 11 is 0. The van der Waals surface area contributed by atoms with Crippen molar-refractivity contribution in [3.05, 3.63) is 29.3 Å². The minimum absolute atomic E-state index is 0.0185. The van der Waals surface area contributed by atoms with Crippen LogP contribution in [-0.2, 0) is 14.3 Å². The first-order valence-electron chi connectivity index (χ1n) is 7.02. The minimum Gasteiger partial charge on any atom is -0.493 e. The highest BCUT2D eigenvalue weighted by molar-refractivity contribution is 5.82. The zero-order valence-electron chi connectivity index (χ0n) is 13.1. The van der Waals surface area contributed by atoms with Crippen LogP contribution in [0, 0.1) is 13.8 Å². The van der Waals surface area contributed by atoms with Gasteiger partial charge in [-0.15, -0.1) is 0 Å². The molecule has 0 N–H and O–H groups in total. The third-order valence-electron chi connectivity index (χ3n) is 3.19. The van der Waals surface area contributed by atoms with E-state index in [0.29, 0.717) is 13.2 Å². The quantitative estimate of drug-likeness (QED) is 0.722. The van der Waals surface area contributed by atoms with Crippen LogP contribution in [0.5, 0.6) is 5.75 Å². The monoisotopic (exact) mass is 293 g/mol. The normalized spacial score (nSPS) is 10.1. The molecule has 5 heteroatoms. The highest BCUT2D eigenvalue weighted by Crippen LogP contribution is 2.18. The molecule has 5 nitrogen and oxygen atoms in total. The Morgan fingerprint density at radius 1 is 1.24 bits per heavy atom. The Balaban J connectivity index is 2.46. The van der Waals surface area contributed by atoms with Gasteiger partial charge in [-0.3, -0.25) is 9.59 Å². The average molecular weight is 293 g/mol. The fourth-order valence-corrected chi connectivity index (χ4v) is 1.96. The molecule has 21 heavy (non-hydrogen) atoms. The number of benzene rings is 1. The topological polar surface area (TPSA) is 55.8 Å². The Kier molecular flexibility index (Phi) is 6.72. The first kappa shape index (κ1) is 17.0. The van der Waals surface area contributed by atoms with Crippen molar-refractivity contribution in [1.82, 2.24) is 4.90 Å².